The number of rotatable bonds is 5. The van der Waals surface area contributed by atoms with Crippen LogP contribution < -0.4 is 5.32 Å². The number of pyridine rings is 1. The van der Waals surface area contributed by atoms with Crippen molar-refractivity contribution in [3.05, 3.63) is 17.7 Å². The highest BCUT2D eigenvalue weighted by molar-refractivity contribution is 7.99. The Hall–Kier alpha value is -0.950. The third kappa shape index (κ3) is 4.43. The number of methoxy groups -OCH3 is 1. The summed E-state index contributed by atoms with van der Waals surface area (Å²) in [7, 11) is 3.07. The molecule has 17 heavy (non-hydrogen) atoms. The number of alkyl halides is 3. The number of nitrogens with zero attached hydrogens (tertiary/aromatic N) is 1. The minimum Gasteiger partial charge on any atom is -0.384 e. The molecule has 0 bridgehead atoms. The fourth-order valence-electron chi connectivity index (χ4n) is 1.10. The van der Waals surface area contributed by atoms with Crippen molar-refractivity contribution in [3.63, 3.8) is 0 Å². The van der Waals surface area contributed by atoms with Gasteiger partial charge in [-0.1, -0.05) is 0 Å². The summed E-state index contributed by atoms with van der Waals surface area (Å²) in [5.41, 5.74) is -0.697. The number of aromatic nitrogens is 1. The Morgan fingerprint density at radius 1 is 1.41 bits per heavy atom. The van der Waals surface area contributed by atoms with Gasteiger partial charge in [0.2, 0.25) is 0 Å². The van der Waals surface area contributed by atoms with Crippen LogP contribution in [0.3, 0.4) is 0 Å². The lowest BCUT2D eigenvalue weighted by molar-refractivity contribution is -0.137. The van der Waals surface area contributed by atoms with Gasteiger partial charge in [0.15, 0.2) is 0 Å². The van der Waals surface area contributed by atoms with Crippen molar-refractivity contribution in [3.8, 4) is 0 Å². The first-order chi connectivity index (χ1) is 7.97. The Morgan fingerprint density at radius 3 is 2.65 bits per heavy atom. The first kappa shape index (κ1) is 14.1. The van der Waals surface area contributed by atoms with Crippen LogP contribution in [-0.4, -0.2) is 31.5 Å². The third-order valence-corrected chi connectivity index (χ3v) is 2.80. The predicted octanol–water partition coefficient (Wildman–Crippen LogP) is 2.88. The van der Waals surface area contributed by atoms with E-state index in [2.05, 4.69) is 10.3 Å². The number of thioether (sulfide) groups is 1. The van der Waals surface area contributed by atoms with Gasteiger partial charge in [-0.25, -0.2) is 4.98 Å². The van der Waals surface area contributed by atoms with Gasteiger partial charge in [-0.2, -0.15) is 13.2 Å². The third-order valence-electron chi connectivity index (χ3n) is 1.92. The molecule has 3 nitrogen and oxygen atoms in total. The molecule has 1 aromatic heterocycles. The van der Waals surface area contributed by atoms with Crippen molar-refractivity contribution in [2.45, 2.75) is 11.2 Å². The molecule has 0 saturated heterocycles. The number of hydrogen-bond acceptors (Lipinski definition) is 4. The molecule has 1 heterocycles. The molecule has 0 saturated carbocycles. The summed E-state index contributed by atoms with van der Waals surface area (Å²) in [4.78, 5) is 4.03. The molecule has 0 spiro atoms. The van der Waals surface area contributed by atoms with Gasteiger partial charge in [-0.3, -0.25) is 0 Å². The average Bonchev–Trinajstić information content (AvgIpc) is 2.28. The van der Waals surface area contributed by atoms with Crippen LogP contribution >= 0.6 is 11.8 Å². The lowest BCUT2D eigenvalue weighted by Crippen LogP contribution is -2.07. The molecular formula is C10H13F3N2OS. The zero-order valence-electron chi connectivity index (χ0n) is 9.47. The van der Waals surface area contributed by atoms with Gasteiger partial charge < -0.3 is 10.1 Å². The van der Waals surface area contributed by atoms with Crippen molar-refractivity contribution >= 4 is 17.6 Å². The van der Waals surface area contributed by atoms with Crippen molar-refractivity contribution in [1.82, 2.24) is 4.98 Å². The normalized spacial score (nSPS) is 11.6. The van der Waals surface area contributed by atoms with E-state index in [9.17, 15) is 13.2 Å². The van der Waals surface area contributed by atoms with Crippen LogP contribution in [0.25, 0.3) is 0 Å². The van der Waals surface area contributed by atoms with E-state index < -0.39 is 11.7 Å². The second-order valence-electron chi connectivity index (χ2n) is 3.17. The lowest BCUT2D eigenvalue weighted by Gasteiger charge is -2.10. The van der Waals surface area contributed by atoms with Crippen LogP contribution in [0.15, 0.2) is 17.2 Å². The molecule has 0 aliphatic heterocycles. The van der Waals surface area contributed by atoms with Crippen LogP contribution in [0.4, 0.5) is 19.0 Å². The molecule has 1 aromatic rings. The SMILES string of the molecule is CNc1cc(C(F)(F)F)cc(SCCOC)n1. The first-order valence-electron chi connectivity index (χ1n) is 4.86. The molecule has 96 valence electrons. The van der Waals surface area contributed by atoms with Gasteiger partial charge in [0.1, 0.15) is 5.82 Å². The molecule has 1 N–H and O–H groups in total. The lowest BCUT2D eigenvalue weighted by atomic mass is 10.2. The van der Waals surface area contributed by atoms with Crippen LogP contribution in [0, 0.1) is 0 Å². The van der Waals surface area contributed by atoms with Crippen LogP contribution in [0.2, 0.25) is 0 Å². The molecule has 0 unspecified atom stereocenters. The van der Waals surface area contributed by atoms with Gasteiger partial charge in [-0.05, 0) is 12.1 Å². The number of halogens is 3. The average molecular weight is 266 g/mol. The molecule has 0 fully saturated rings. The second-order valence-corrected chi connectivity index (χ2v) is 4.28. The minimum absolute atomic E-state index is 0.208. The summed E-state index contributed by atoms with van der Waals surface area (Å²) in [6, 6.07) is 2.03. The topological polar surface area (TPSA) is 34.1 Å². The van der Waals surface area contributed by atoms with Gasteiger partial charge in [-0.15, -0.1) is 11.8 Å². The summed E-state index contributed by atoms with van der Waals surface area (Å²) in [6.45, 7) is 0.470. The fraction of sp³-hybridized carbons (Fsp3) is 0.500. The monoisotopic (exact) mass is 266 g/mol. The molecule has 0 amide bonds. The van der Waals surface area contributed by atoms with Crippen molar-refractivity contribution in [1.29, 1.82) is 0 Å². The quantitative estimate of drug-likeness (QED) is 0.656. The maximum atomic E-state index is 12.6. The maximum Gasteiger partial charge on any atom is 0.416 e. The molecule has 7 heteroatoms. The Bertz CT molecular complexity index is 371. The minimum atomic E-state index is -4.36. The number of nitrogens with one attached hydrogen (secondary N) is 1. The van der Waals surface area contributed by atoms with Gasteiger partial charge in [0.05, 0.1) is 17.2 Å². The smallest absolute Gasteiger partial charge is 0.384 e. The maximum absolute atomic E-state index is 12.6. The Kier molecular flexibility index (Phi) is 5.07. The highest BCUT2D eigenvalue weighted by atomic mass is 32.2. The number of ether oxygens (including phenoxy) is 1. The van der Waals surface area contributed by atoms with E-state index in [0.29, 0.717) is 17.4 Å². The van der Waals surface area contributed by atoms with Crippen molar-refractivity contribution in [2.75, 3.05) is 31.8 Å². The number of anilines is 1. The summed E-state index contributed by atoms with van der Waals surface area (Å²) < 4.78 is 42.6. The molecule has 0 aromatic carbocycles. The van der Waals surface area contributed by atoms with Gasteiger partial charge in [0, 0.05) is 19.9 Å². The molecule has 0 radical (unpaired) electrons. The van der Waals surface area contributed by atoms with Crippen LogP contribution in [-0.2, 0) is 10.9 Å². The molecular weight excluding hydrogens is 253 g/mol. The summed E-state index contributed by atoms with van der Waals surface area (Å²) >= 11 is 1.23. The Labute approximate surface area is 102 Å². The van der Waals surface area contributed by atoms with Crippen LogP contribution in [0.1, 0.15) is 5.56 Å². The Balaban J connectivity index is 2.89. The van der Waals surface area contributed by atoms with Gasteiger partial charge in [0.25, 0.3) is 0 Å². The van der Waals surface area contributed by atoms with Crippen molar-refractivity contribution in [2.24, 2.45) is 0 Å². The van der Waals surface area contributed by atoms with E-state index >= 15 is 0 Å². The van der Waals surface area contributed by atoms with E-state index in [1.54, 1.807) is 7.11 Å². The number of hydrogen-bond donors (Lipinski definition) is 1. The van der Waals surface area contributed by atoms with E-state index in [1.807, 2.05) is 0 Å². The summed E-state index contributed by atoms with van der Waals surface area (Å²) in [5.74, 6) is 0.772. The summed E-state index contributed by atoms with van der Waals surface area (Å²) in [6.07, 6.45) is -4.36. The second kappa shape index (κ2) is 6.11. The van der Waals surface area contributed by atoms with E-state index in [0.717, 1.165) is 12.1 Å². The van der Waals surface area contributed by atoms with E-state index in [1.165, 1.54) is 18.8 Å². The largest absolute Gasteiger partial charge is 0.416 e. The van der Waals surface area contributed by atoms with Crippen molar-refractivity contribution < 1.29 is 17.9 Å². The standard InChI is InChI=1S/C10H13F3N2OS/c1-14-8-5-7(10(11,12)13)6-9(15-8)17-4-3-16-2/h5-6H,3-4H2,1-2H3,(H,14,15). The summed E-state index contributed by atoms with van der Waals surface area (Å²) in [5, 5.41) is 2.95. The van der Waals surface area contributed by atoms with Gasteiger partial charge >= 0.3 is 6.18 Å². The van der Waals surface area contributed by atoms with E-state index in [-0.39, 0.29) is 5.82 Å². The zero-order chi connectivity index (χ0) is 12.9. The first-order valence-corrected chi connectivity index (χ1v) is 5.84. The molecule has 0 aliphatic carbocycles. The fourth-order valence-corrected chi connectivity index (χ4v) is 1.93. The molecule has 1 rings (SSSR count). The molecule has 0 atom stereocenters. The Morgan fingerprint density at radius 2 is 2.12 bits per heavy atom. The van der Waals surface area contributed by atoms with E-state index in [4.69, 9.17) is 4.74 Å². The zero-order valence-corrected chi connectivity index (χ0v) is 10.3. The molecule has 0 aliphatic rings. The highest BCUT2D eigenvalue weighted by Crippen LogP contribution is 2.32. The highest BCUT2D eigenvalue weighted by Gasteiger charge is 2.31. The van der Waals surface area contributed by atoms with Crippen LogP contribution in [0.5, 0.6) is 0 Å². The predicted molar refractivity (Wildman–Crippen MR) is 61.4 cm³/mol.